The summed E-state index contributed by atoms with van der Waals surface area (Å²) in [6.07, 6.45) is 10.1. The van der Waals surface area contributed by atoms with Crippen LogP contribution in [-0.2, 0) is 6.42 Å². The molecule has 102 valence electrons. The summed E-state index contributed by atoms with van der Waals surface area (Å²) in [7, 11) is 0. The first kappa shape index (κ1) is 12.4. The maximum Gasteiger partial charge on any atom is 0.00680 e. The Kier molecular flexibility index (Phi) is 2.89. The van der Waals surface area contributed by atoms with Crippen molar-refractivity contribution in [2.75, 3.05) is 0 Å². The van der Waals surface area contributed by atoms with Crippen molar-refractivity contribution in [2.45, 2.75) is 13.3 Å². The summed E-state index contributed by atoms with van der Waals surface area (Å²) >= 11 is 0. The predicted molar refractivity (Wildman–Crippen MR) is 89.1 cm³/mol. The summed E-state index contributed by atoms with van der Waals surface area (Å²) in [6.45, 7) is 2.18. The molecule has 0 saturated carbocycles. The van der Waals surface area contributed by atoms with Gasteiger partial charge in [-0.3, -0.25) is 0 Å². The zero-order valence-electron chi connectivity index (χ0n) is 12.2. The Balaban J connectivity index is 2.02. The minimum atomic E-state index is 0.514. The molecule has 2 aromatic carbocycles. The lowest BCUT2D eigenvalue weighted by Crippen LogP contribution is -2.16. The van der Waals surface area contributed by atoms with E-state index in [1.807, 2.05) is 0 Å². The molecule has 0 N–H and O–H groups in total. The number of aryl methyl sites for hydroxylation is 1. The zero-order chi connectivity index (χ0) is 14.2. The van der Waals surface area contributed by atoms with Crippen LogP contribution in [0.2, 0.25) is 0 Å². The molecular formula is C21H18. The second kappa shape index (κ2) is 4.89. The van der Waals surface area contributed by atoms with Gasteiger partial charge in [0.1, 0.15) is 0 Å². The van der Waals surface area contributed by atoms with Gasteiger partial charge in [0.2, 0.25) is 0 Å². The molecule has 2 aliphatic rings. The fraction of sp³-hybridized carbons (Fsp3) is 0.143. The molecule has 1 atom stereocenters. The predicted octanol–water partition coefficient (Wildman–Crippen LogP) is 5.10. The molecule has 21 heavy (non-hydrogen) atoms. The molecule has 0 heteroatoms. The molecule has 0 amide bonds. The molecular weight excluding hydrogens is 252 g/mol. The molecule has 0 saturated heterocycles. The summed E-state index contributed by atoms with van der Waals surface area (Å²) in [5, 5.41) is 0. The Hall–Kier alpha value is -2.34. The highest BCUT2D eigenvalue weighted by Crippen LogP contribution is 2.41. The standard InChI is InChI=1S/C21H18/c1-15-11-12-18-14-17-9-5-6-10-19(17)21(20(18)13-15)16-7-3-2-4-8-16/h2-13,17H,14H2,1H3. The molecule has 4 rings (SSSR count). The third-order valence-electron chi connectivity index (χ3n) is 4.46. The monoisotopic (exact) mass is 270 g/mol. The average molecular weight is 270 g/mol. The largest absolute Gasteiger partial charge is 0.0767 e. The van der Waals surface area contributed by atoms with Crippen LogP contribution >= 0.6 is 0 Å². The van der Waals surface area contributed by atoms with E-state index in [1.54, 1.807) is 0 Å². The lowest BCUT2D eigenvalue weighted by Gasteiger charge is -2.29. The highest BCUT2D eigenvalue weighted by Gasteiger charge is 2.26. The Bertz CT molecular complexity index is 773. The molecule has 0 heterocycles. The third-order valence-corrected chi connectivity index (χ3v) is 4.46. The molecule has 2 aliphatic carbocycles. The SMILES string of the molecule is Cc1ccc2c(c1)C(c1ccccc1)=C1C=CC=CC1C2. The lowest BCUT2D eigenvalue weighted by molar-refractivity contribution is 0.753. The van der Waals surface area contributed by atoms with Crippen LogP contribution in [0.25, 0.3) is 5.57 Å². The van der Waals surface area contributed by atoms with Crippen molar-refractivity contribution in [1.29, 1.82) is 0 Å². The molecule has 0 spiro atoms. The van der Waals surface area contributed by atoms with E-state index in [4.69, 9.17) is 0 Å². The van der Waals surface area contributed by atoms with Gasteiger partial charge in [-0.15, -0.1) is 0 Å². The highest BCUT2D eigenvalue weighted by atomic mass is 14.3. The van der Waals surface area contributed by atoms with Crippen LogP contribution in [0, 0.1) is 12.8 Å². The van der Waals surface area contributed by atoms with Crippen molar-refractivity contribution in [1.82, 2.24) is 0 Å². The topological polar surface area (TPSA) is 0 Å². The van der Waals surface area contributed by atoms with Gasteiger partial charge in [0.25, 0.3) is 0 Å². The van der Waals surface area contributed by atoms with Crippen molar-refractivity contribution < 1.29 is 0 Å². The van der Waals surface area contributed by atoms with Crippen molar-refractivity contribution >= 4 is 5.57 Å². The Morgan fingerprint density at radius 2 is 1.81 bits per heavy atom. The average Bonchev–Trinajstić information content (AvgIpc) is 2.53. The van der Waals surface area contributed by atoms with Crippen LogP contribution in [0.4, 0.5) is 0 Å². The van der Waals surface area contributed by atoms with Gasteiger partial charge in [-0.25, -0.2) is 0 Å². The first-order chi connectivity index (χ1) is 10.3. The minimum Gasteiger partial charge on any atom is -0.0767 e. The van der Waals surface area contributed by atoms with E-state index < -0.39 is 0 Å². The lowest BCUT2D eigenvalue weighted by atomic mass is 9.74. The van der Waals surface area contributed by atoms with Gasteiger partial charge in [-0.2, -0.15) is 0 Å². The van der Waals surface area contributed by atoms with E-state index in [1.165, 1.54) is 33.4 Å². The van der Waals surface area contributed by atoms with E-state index in [9.17, 15) is 0 Å². The second-order valence-electron chi connectivity index (χ2n) is 5.91. The van der Waals surface area contributed by atoms with Crippen molar-refractivity contribution in [3.8, 4) is 0 Å². The van der Waals surface area contributed by atoms with Crippen molar-refractivity contribution in [2.24, 2.45) is 5.92 Å². The van der Waals surface area contributed by atoms with Crippen molar-refractivity contribution in [3.05, 3.63) is 101 Å². The fourth-order valence-electron chi connectivity index (χ4n) is 3.45. The van der Waals surface area contributed by atoms with Crippen LogP contribution in [0.5, 0.6) is 0 Å². The van der Waals surface area contributed by atoms with Gasteiger partial charge in [-0.1, -0.05) is 78.4 Å². The summed E-state index contributed by atoms with van der Waals surface area (Å²) < 4.78 is 0. The highest BCUT2D eigenvalue weighted by molar-refractivity contribution is 5.87. The van der Waals surface area contributed by atoms with Gasteiger partial charge < -0.3 is 0 Å². The van der Waals surface area contributed by atoms with Gasteiger partial charge in [0, 0.05) is 5.92 Å². The molecule has 0 bridgehead atoms. The summed E-state index contributed by atoms with van der Waals surface area (Å²) in [4.78, 5) is 0. The van der Waals surface area contributed by atoms with E-state index in [0.717, 1.165) is 6.42 Å². The summed E-state index contributed by atoms with van der Waals surface area (Å²) in [6, 6.07) is 17.7. The van der Waals surface area contributed by atoms with Crippen molar-refractivity contribution in [3.63, 3.8) is 0 Å². The van der Waals surface area contributed by atoms with E-state index in [2.05, 4.69) is 79.8 Å². The first-order valence-electron chi connectivity index (χ1n) is 7.57. The van der Waals surface area contributed by atoms with E-state index in [-0.39, 0.29) is 0 Å². The molecule has 0 fully saturated rings. The van der Waals surface area contributed by atoms with Crippen LogP contribution < -0.4 is 0 Å². The molecule has 0 radical (unpaired) electrons. The first-order valence-corrected chi connectivity index (χ1v) is 7.57. The maximum atomic E-state index is 2.34. The Labute approximate surface area is 126 Å². The van der Waals surface area contributed by atoms with Crippen LogP contribution in [0.3, 0.4) is 0 Å². The van der Waals surface area contributed by atoms with E-state index >= 15 is 0 Å². The third kappa shape index (κ3) is 2.08. The zero-order valence-corrected chi connectivity index (χ0v) is 12.2. The van der Waals surface area contributed by atoms with Gasteiger partial charge in [0.15, 0.2) is 0 Å². The summed E-state index contributed by atoms with van der Waals surface area (Å²) in [5.74, 6) is 0.514. The maximum absolute atomic E-state index is 2.34. The number of allylic oxidation sites excluding steroid dienone is 5. The number of hydrogen-bond donors (Lipinski definition) is 0. The van der Waals surface area contributed by atoms with Crippen LogP contribution in [-0.4, -0.2) is 0 Å². The molecule has 1 unspecified atom stereocenters. The number of rotatable bonds is 1. The van der Waals surface area contributed by atoms with Gasteiger partial charge in [-0.05, 0) is 41.2 Å². The van der Waals surface area contributed by atoms with Crippen LogP contribution in [0.1, 0.15) is 22.3 Å². The minimum absolute atomic E-state index is 0.514. The quantitative estimate of drug-likeness (QED) is 0.676. The van der Waals surface area contributed by atoms with E-state index in [0.29, 0.717) is 5.92 Å². The van der Waals surface area contributed by atoms with Gasteiger partial charge in [0.05, 0.1) is 0 Å². The number of benzene rings is 2. The second-order valence-corrected chi connectivity index (χ2v) is 5.91. The molecule has 0 aliphatic heterocycles. The Morgan fingerprint density at radius 1 is 0.952 bits per heavy atom. The molecule has 0 aromatic heterocycles. The Morgan fingerprint density at radius 3 is 2.67 bits per heavy atom. The number of fused-ring (bicyclic) bond motifs is 2. The van der Waals surface area contributed by atoms with Gasteiger partial charge >= 0.3 is 0 Å². The molecule has 0 nitrogen and oxygen atoms in total. The number of hydrogen-bond acceptors (Lipinski definition) is 0. The fourth-order valence-corrected chi connectivity index (χ4v) is 3.45. The molecule has 2 aromatic rings. The van der Waals surface area contributed by atoms with Crippen LogP contribution in [0.15, 0.2) is 78.4 Å². The summed E-state index contributed by atoms with van der Waals surface area (Å²) in [5.41, 5.74) is 8.40. The normalized spacial score (nSPS) is 19.4. The smallest absolute Gasteiger partial charge is 0.00680 e.